The number of rotatable bonds is 3. The molecule has 3 heteroatoms. The van der Waals surface area contributed by atoms with E-state index in [1.54, 1.807) is 0 Å². The van der Waals surface area contributed by atoms with Crippen LogP contribution in [0.4, 0.5) is 0 Å². The summed E-state index contributed by atoms with van der Waals surface area (Å²) in [7, 11) is 0. The van der Waals surface area contributed by atoms with Crippen molar-refractivity contribution in [2.75, 3.05) is 26.2 Å². The van der Waals surface area contributed by atoms with Gasteiger partial charge in [0.15, 0.2) is 0 Å². The minimum absolute atomic E-state index is 0.297. The molecule has 16 heavy (non-hydrogen) atoms. The number of nitrogens with one attached hydrogen (secondary N) is 1. The van der Waals surface area contributed by atoms with Gasteiger partial charge in [-0.2, -0.15) is 0 Å². The van der Waals surface area contributed by atoms with Crippen LogP contribution in [0.2, 0.25) is 0 Å². The molecule has 0 radical (unpaired) electrons. The summed E-state index contributed by atoms with van der Waals surface area (Å²) in [6.45, 7) is 11.4. The van der Waals surface area contributed by atoms with E-state index in [0.29, 0.717) is 17.7 Å². The normalized spacial score (nSPS) is 35.4. The van der Waals surface area contributed by atoms with Gasteiger partial charge < -0.3 is 10.1 Å². The average molecular weight is 226 g/mol. The van der Waals surface area contributed by atoms with Crippen LogP contribution < -0.4 is 5.32 Å². The first-order valence-electron chi connectivity index (χ1n) is 6.68. The zero-order valence-electron chi connectivity index (χ0n) is 11.0. The van der Waals surface area contributed by atoms with Crippen LogP contribution in [0.3, 0.4) is 0 Å². The van der Waals surface area contributed by atoms with E-state index in [0.717, 1.165) is 13.2 Å². The van der Waals surface area contributed by atoms with Gasteiger partial charge in [0.25, 0.3) is 0 Å². The lowest BCUT2D eigenvalue weighted by molar-refractivity contribution is 0.0415. The molecule has 94 valence electrons. The van der Waals surface area contributed by atoms with Crippen molar-refractivity contribution in [1.82, 2.24) is 10.2 Å². The van der Waals surface area contributed by atoms with Crippen LogP contribution in [0, 0.1) is 0 Å². The van der Waals surface area contributed by atoms with E-state index < -0.39 is 0 Å². The Bertz CT molecular complexity index is 224. The van der Waals surface area contributed by atoms with Crippen molar-refractivity contribution < 1.29 is 4.74 Å². The molecule has 0 bridgehead atoms. The van der Waals surface area contributed by atoms with Gasteiger partial charge in [-0.3, -0.25) is 4.90 Å². The SMILES string of the molecule is CC1CN(CCC2CCCO2)C(C)(C)CN1. The third kappa shape index (κ3) is 2.96. The van der Waals surface area contributed by atoms with Gasteiger partial charge >= 0.3 is 0 Å². The van der Waals surface area contributed by atoms with E-state index in [1.165, 1.54) is 32.4 Å². The highest BCUT2D eigenvalue weighted by Crippen LogP contribution is 2.21. The monoisotopic (exact) mass is 226 g/mol. The smallest absolute Gasteiger partial charge is 0.0588 e. The highest BCUT2D eigenvalue weighted by molar-refractivity contribution is 4.91. The summed E-state index contributed by atoms with van der Waals surface area (Å²) in [5.74, 6) is 0. The lowest BCUT2D eigenvalue weighted by Gasteiger charge is -2.45. The van der Waals surface area contributed by atoms with Crippen LogP contribution in [-0.4, -0.2) is 48.8 Å². The molecule has 0 aliphatic carbocycles. The van der Waals surface area contributed by atoms with Gasteiger partial charge in [-0.15, -0.1) is 0 Å². The Morgan fingerprint density at radius 2 is 2.25 bits per heavy atom. The second-order valence-corrected chi connectivity index (χ2v) is 5.96. The second-order valence-electron chi connectivity index (χ2n) is 5.96. The molecule has 0 amide bonds. The van der Waals surface area contributed by atoms with Crippen LogP contribution in [0.5, 0.6) is 0 Å². The van der Waals surface area contributed by atoms with Crippen LogP contribution in [-0.2, 0) is 4.74 Å². The topological polar surface area (TPSA) is 24.5 Å². The molecular weight excluding hydrogens is 200 g/mol. The molecule has 2 saturated heterocycles. The van der Waals surface area contributed by atoms with Crippen LogP contribution in [0.15, 0.2) is 0 Å². The summed E-state index contributed by atoms with van der Waals surface area (Å²) in [6, 6.07) is 0.623. The summed E-state index contributed by atoms with van der Waals surface area (Å²) in [5.41, 5.74) is 0.297. The maximum atomic E-state index is 5.70. The summed E-state index contributed by atoms with van der Waals surface area (Å²) < 4.78 is 5.70. The zero-order valence-corrected chi connectivity index (χ0v) is 11.0. The lowest BCUT2D eigenvalue weighted by atomic mass is 9.97. The molecule has 2 unspecified atom stereocenters. The molecule has 0 aromatic rings. The van der Waals surface area contributed by atoms with Gasteiger partial charge in [-0.05, 0) is 40.0 Å². The fraction of sp³-hybridized carbons (Fsp3) is 1.00. The molecule has 2 aliphatic heterocycles. The minimum atomic E-state index is 0.297. The Hall–Kier alpha value is -0.120. The Labute approximate surface area is 99.5 Å². The van der Waals surface area contributed by atoms with Crippen molar-refractivity contribution in [3.63, 3.8) is 0 Å². The van der Waals surface area contributed by atoms with Crippen molar-refractivity contribution in [1.29, 1.82) is 0 Å². The number of hydrogen-bond donors (Lipinski definition) is 1. The van der Waals surface area contributed by atoms with E-state index in [2.05, 4.69) is 31.0 Å². The van der Waals surface area contributed by atoms with Crippen molar-refractivity contribution in [2.24, 2.45) is 0 Å². The van der Waals surface area contributed by atoms with E-state index in [9.17, 15) is 0 Å². The maximum absolute atomic E-state index is 5.70. The Kier molecular flexibility index (Phi) is 3.88. The Balaban J connectivity index is 1.81. The lowest BCUT2D eigenvalue weighted by Crippen LogP contribution is -2.61. The summed E-state index contributed by atoms with van der Waals surface area (Å²) in [5, 5.41) is 3.56. The van der Waals surface area contributed by atoms with E-state index >= 15 is 0 Å². The van der Waals surface area contributed by atoms with Gasteiger partial charge in [-0.25, -0.2) is 0 Å². The molecule has 2 aliphatic rings. The molecule has 2 heterocycles. The summed E-state index contributed by atoms with van der Waals surface area (Å²) in [6.07, 6.45) is 4.26. The van der Waals surface area contributed by atoms with Crippen LogP contribution in [0.1, 0.15) is 40.0 Å². The van der Waals surface area contributed by atoms with Gasteiger partial charge in [0.2, 0.25) is 0 Å². The van der Waals surface area contributed by atoms with Crippen molar-refractivity contribution in [2.45, 2.75) is 57.7 Å². The van der Waals surface area contributed by atoms with Gasteiger partial charge in [0.1, 0.15) is 0 Å². The first kappa shape index (κ1) is 12.3. The molecule has 2 rings (SSSR count). The number of hydrogen-bond acceptors (Lipinski definition) is 3. The van der Waals surface area contributed by atoms with E-state index in [1.807, 2.05) is 0 Å². The van der Waals surface area contributed by atoms with E-state index in [-0.39, 0.29) is 0 Å². The van der Waals surface area contributed by atoms with Gasteiger partial charge in [-0.1, -0.05) is 0 Å². The first-order chi connectivity index (χ1) is 7.58. The highest BCUT2D eigenvalue weighted by Gasteiger charge is 2.32. The molecule has 0 aromatic carbocycles. The fourth-order valence-corrected chi connectivity index (χ4v) is 2.74. The number of nitrogens with zero attached hydrogens (tertiary/aromatic N) is 1. The molecular formula is C13H26N2O. The van der Waals surface area contributed by atoms with Crippen LogP contribution >= 0.6 is 0 Å². The van der Waals surface area contributed by atoms with Crippen molar-refractivity contribution >= 4 is 0 Å². The van der Waals surface area contributed by atoms with Gasteiger partial charge in [0, 0.05) is 37.8 Å². The van der Waals surface area contributed by atoms with Crippen molar-refractivity contribution in [3.05, 3.63) is 0 Å². The first-order valence-corrected chi connectivity index (χ1v) is 6.68. The third-order valence-corrected chi connectivity index (χ3v) is 3.98. The highest BCUT2D eigenvalue weighted by atomic mass is 16.5. The average Bonchev–Trinajstić information content (AvgIpc) is 2.72. The molecule has 1 N–H and O–H groups in total. The number of piperazine rings is 1. The van der Waals surface area contributed by atoms with E-state index in [4.69, 9.17) is 4.74 Å². The quantitative estimate of drug-likeness (QED) is 0.791. The summed E-state index contributed by atoms with van der Waals surface area (Å²) >= 11 is 0. The Morgan fingerprint density at radius 1 is 1.44 bits per heavy atom. The standard InChI is InChI=1S/C13H26N2O/c1-11-9-15(13(2,3)10-14-11)7-6-12-5-4-8-16-12/h11-12,14H,4-10H2,1-3H3. The predicted octanol–water partition coefficient (Wildman–Crippen LogP) is 1.63. The van der Waals surface area contributed by atoms with Crippen LogP contribution in [0.25, 0.3) is 0 Å². The Morgan fingerprint density at radius 3 is 2.94 bits per heavy atom. The third-order valence-electron chi connectivity index (χ3n) is 3.98. The largest absolute Gasteiger partial charge is 0.378 e. The van der Waals surface area contributed by atoms with Gasteiger partial charge in [0.05, 0.1) is 6.10 Å². The molecule has 0 spiro atoms. The summed E-state index contributed by atoms with van der Waals surface area (Å²) in [4.78, 5) is 2.62. The molecule has 0 saturated carbocycles. The molecule has 0 aromatic heterocycles. The fourth-order valence-electron chi connectivity index (χ4n) is 2.74. The molecule has 2 atom stereocenters. The zero-order chi connectivity index (χ0) is 11.6. The van der Waals surface area contributed by atoms with Crippen molar-refractivity contribution in [3.8, 4) is 0 Å². The second kappa shape index (κ2) is 5.03. The minimum Gasteiger partial charge on any atom is -0.378 e. The molecule has 3 nitrogen and oxygen atoms in total. The maximum Gasteiger partial charge on any atom is 0.0588 e. The number of ether oxygens (including phenoxy) is 1. The molecule has 2 fully saturated rings. The predicted molar refractivity (Wildman–Crippen MR) is 66.7 cm³/mol.